The third kappa shape index (κ3) is 5.66. The highest BCUT2D eigenvalue weighted by Gasteiger charge is 2.36. The fourth-order valence-electron chi connectivity index (χ4n) is 4.78. The Kier molecular flexibility index (Phi) is 7.29. The molecule has 1 aromatic carbocycles. The van der Waals surface area contributed by atoms with E-state index in [1.165, 1.54) is 12.1 Å². The second-order valence-electron chi connectivity index (χ2n) is 8.71. The van der Waals surface area contributed by atoms with Crippen molar-refractivity contribution in [1.82, 2.24) is 9.80 Å². The summed E-state index contributed by atoms with van der Waals surface area (Å²) >= 11 is 0. The number of likely N-dealkylation sites (tertiary alicyclic amines) is 1. The SMILES string of the molecule is CC(C)N1CC[C@@H](N2CCN(c3cccc(C(F)(F)F)c3)CC2)[C@@H](CCC(=O)O)C1. The van der Waals surface area contributed by atoms with Gasteiger partial charge in [-0.25, -0.2) is 0 Å². The van der Waals surface area contributed by atoms with Gasteiger partial charge in [-0.2, -0.15) is 13.2 Å². The lowest BCUT2D eigenvalue weighted by Gasteiger charge is -2.48. The molecule has 0 aromatic heterocycles. The molecule has 2 atom stereocenters. The van der Waals surface area contributed by atoms with Gasteiger partial charge < -0.3 is 14.9 Å². The first-order valence-corrected chi connectivity index (χ1v) is 10.8. The van der Waals surface area contributed by atoms with E-state index in [0.717, 1.165) is 38.7 Å². The Labute approximate surface area is 176 Å². The van der Waals surface area contributed by atoms with Gasteiger partial charge in [-0.1, -0.05) is 6.07 Å². The maximum Gasteiger partial charge on any atom is 0.416 e. The predicted octanol–water partition coefficient (Wildman–Crippen LogP) is 3.79. The van der Waals surface area contributed by atoms with Crippen LogP contribution in [0.4, 0.5) is 18.9 Å². The summed E-state index contributed by atoms with van der Waals surface area (Å²) in [5.74, 6) is -0.456. The molecule has 0 bridgehead atoms. The average molecular weight is 428 g/mol. The van der Waals surface area contributed by atoms with Crippen LogP contribution in [0, 0.1) is 5.92 Å². The van der Waals surface area contributed by atoms with Crippen LogP contribution in [0.1, 0.15) is 38.7 Å². The van der Waals surface area contributed by atoms with E-state index in [4.69, 9.17) is 5.11 Å². The Morgan fingerprint density at radius 2 is 1.87 bits per heavy atom. The first-order valence-electron chi connectivity index (χ1n) is 10.8. The number of piperazine rings is 1. The van der Waals surface area contributed by atoms with Gasteiger partial charge in [-0.05, 0) is 57.4 Å². The second kappa shape index (κ2) is 9.56. The minimum atomic E-state index is -4.33. The normalized spacial score (nSPS) is 24.4. The smallest absolute Gasteiger partial charge is 0.416 e. The van der Waals surface area contributed by atoms with Gasteiger partial charge in [0, 0.05) is 56.9 Å². The minimum absolute atomic E-state index is 0.178. The van der Waals surface area contributed by atoms with Crippen molar-refractivity contribution in [3.05, 3.63) is 29.8 Å². The van der Waals surface area contributed by atoms with Crippen LogP contribution >= 0.6 is 0 Å². The number of anilines is 1. The zero-order valence-electron chi connectivity index (χ0n) is 17.7. The van der Waals surface area contributed by atoms with Crippen LogP contribution in [0.3, 0.4) is 0 Å². The third-order valence-electron chi connectivity index (χ3n) is 6.51. The Bertz CT molecular complexity index is 718. The van der Waals surface area contributed by atoms with Crippen LogP contribution < -0.4 is 4.90 Å². The van der Waals surface area contributed by atoms with Gasteiger partial charge >= 0.3 is 12.1 Å². The van der Waals surface area contributed by atoms with Crippen molar-refractivity contribution >= 4 is 11.7 Å². The van der Waals surface area contributed by atoms with E-state index in [2.05, 4.69) is 23.6 Å². The topological polar surface area (TPSA) is 47.0 Å². The van der Waals surface area contributed by atoms with Gasteiger partial charge in [0.15, 0.2) is 0 Å². The molecule has 0 amide bonds. The molecule has 0 unspecified atom stereocenters. The molecular formula is C22H32F3N3O2. The molecule has 0 saturated carbocycles. The molecule has 0 aliphatic carbocycles. The highest BCUT2D eigenvalue weighted by Crippen LogP contribution is 2.33. The highest BCUT2D eigenvalue weighted by molar-refractivity contribution is 5.66. The Balaban J connectivity index is 1.63. The van der Waals surface area contributed by atoms with Gasteiger partial charge in [-0.3, -0.25) is 9.69 Å². The van der Waals surface area contributed by atoms with Crippen molar-refractivity contribution in [3.63, 3.8) is 0 Å². The molecule has 168 valence electrons. The monoisotopic (exact) mass is 427 g/mol. The summed E-state index contributed by atoms with van der Waals surface area (Å²) in [4.78, 5) is 18.0. The molecule has 1 N–H and O–H groups in total. The fraction of sp³-hybridized carbons (Fsp3) is 0.682. The van der Waals surface area contributed by atoms with Crippen LogP contribution in [-0.2, 0) is 11.0 Å². The Hall–Kier alpha value is -1.80. The first-order chi connectivity index (χ1) is 14.1. The largest absolute Gasteiger partial charge is 0.481 e. The number of piperidine rings is 1. The Morgan fingerprint density at radius 1 is 1.17 bits per heavy atom. The summed E-state index contributed by atoms with van der Waals surface area (Å²) in [6.07, 6.45) is -2.49. The maximum absolute atomic E-state index is 13.0. The van der Waals surface area contributed by atoms with Crippen LogP contribution in [0.5, 0.6) is 0 Å². The molecule has 0 radical (unpaired) electrons. The molecule has 3 rings (SSSR count). The lowest BCUT2D eigenvalue weighted by molar-refractivity contribution is -0.138. The summed E-state index contributed by atoms with van der Waals surface area (Å²) < 4.78 is 39.1. The number of alkyl halides is 3. The van der Waals surface area contributed by atoms with Gasteiger partial charge in [0.25, 0.3) is 0 Å². The molecular weight excluding hydrogens is 395 g/mol. The summed E-state index contributed by atoms with van der Waals surface area (Å²) in [6, 6.07) is 6.32. The molecule has 2 fully saturated rings. The average Bonchev–Trinajstić information content (AvgIpc) is 2.71. The van der Waals surface area contributed by atoms with Gasteiger partial charge in [-0.15, -0.1) is 0 Å². The third-order valence-corrected chi connectivity index (χ3v) is 6.51. The molecule has 2 saturated heterocycles. The summed E-state index contributed by atoms with van der Waals surface area (Å²) in [5, 5.41) is 9.14. The molecule has 5 nitrogen and oxygen atoms in total. The number of hydrogen-bond acceptors (Lipinski definition) is 4. The lowest BCUT2D eigenvalue weighted by Crippen LogP contribution is -2.57. The van der Waals surface area contributed by atoms with Crippen LogP contribution in [-0.4, -0.2) is 72.2 Å². The standard InChI is InChI=1S/C22H32F3N3O2/c1-16(2)28-9-8-20(17(15-28)6-7-21(29)30)27-12-10-26(11-13-27)19-5-3-4-18(14-19)22(23,24)25/h3-5,14,16-17,20H,6-13,15H2,1-2H3,(H,29,30)/t17-,20+/m0/s1. The molecule has 0 spiro atoms. The number of carbonyl (C=O) groups is 1. The number of carboxylic acids is 1. The second-order valence-corrected chi connectivity index (χ2v) is 8.71. The van der Waals surface area contributed by atoms with E-state index in [1.807, 2.05) is 4.90 Å². The van der Waals surface area contributed by atoms with Crippen molar-refractivity contribution in [2.45, 2.75) is 51.4 Å². The van der Waals surface area contributed by atoms with E-state index >= 15 is 0 Å². The van der Waals surface area contributed by atoms with Crippen LogP contribution in [0.25, 0.3) is 0 Å². The summed E-state index contributed by atoms with van der Waals surface area (Å²) in [7, 11) is 0. The summed E-state index contributed by atoms with van der Waals surface area (Å²) in [5.41, 5.74) is -0.00116. The van der Waals surface area contributed by atoms with Crippen molar-refractivity contribution in [3.8, 4) is 0 Å². The van der Waals surface area contributed by atoms with Crippen molar-refractivity contribution in [1.29, 1.82) is 0 Å². The van der Waals surface area contributed by atoms with E-state index in [-0.39, 0.29) is 6.42 Å². The lowest BCUT2D eigenvalue weighted by atomic mass is 9.86. The van der Waals surface area contributed by atoms with Crippen molar-refractivity contribution in [2.75, 3.05) is 44.2 Å². The number of nitrogens with zero attached hydrogens (tertiary/aromatic N) is 3. The zero-order chi connectivity index (χ0) is 21.9. The van der Waals surface area contributed by atoms with Crippen molar-refractivity contribution < 1.29 is 23.1 Å². The minimum Gasteiger partial charge on any atom is -0.481 e. The van der Waals surface area contributed by atoms with Gasteiger partial charge in [0.2, 0.25) is 0 Å². The van der Waals surface area contributed by atoms with E-state index < -0.39 is 17.7 Å². The van der Waals surface area contributed by atoms with E-state index in [0.29, 0.717) is 43.2 Å². The number of benzene rings is 1. The molecule has 1 aromatic rings. The predicted molar refractivity (Wildman–Crippen MR) is 111 cm³/mol. The quantitative estimate of drug-likeness (QED) is 0.749. The number of carboxylic acid groups (broad SMARTS) is 1. The molecule has 30 heavy (non-hydrogen) atoms. The van der Waals surface area contributed by atoms with Crippen molar-refractivity contribution in [2.24, 2.45) is 5.92 Å². The Morgan fingerprint density at radius 3 is 2.47 bits per heavy atom. The number of hydrogen-bond donors (Lipinski definition) is 1. The zero-order valence-corrected chi connectivity index (χ0v) is 17.7. The van der Waals surface area contributed by atoms with E-state index in [9.17, 15) is 18.0 Å². The van der Waals surface area contributed by atoms with Gasteiger partial charge in [0.1, 0.15) is 0 Å². The van der Waals surface area contributed by atoms with Crippen LogP contribution in [0.2, 0.25) is 0 Å². The summed E-state index contributed by atoms with van der Waals surface area (Å²) in [6.45, 7) is 9.17. The molecule has 8 heteroatoms. The molecule has 2 aliphatic heterocycles. The molecule has 2 heterocycles. The van der Waals surface area contributed by atoms with Gasteiger partial charge in [0.05, 0.1) is 5.56 Å². The fourth-order valence-corrected chi connectivity index (χ4v) is 4.78. The molecule has 2 aliphatic rings. The van der Waals surface area contributed by atoms with Crippen LogP contribution in [0.15, 0.2) is 24.3 Å². The highest BCUT2D eigenvalue weighted by atomic mass is 19.4. The number of halogens is 3. The number of rotatable bonds is 6. The van der Waals surface area contributed by atoms with E-state index in [1.54, 1.807) is 6.07 Å². The first kappa shape index (κ1) is 22.9. The number of aliphatic carboxylic acids is 1. The maximum atomic E-state index is 13.0.